The number of carbonyl (C=O) groups is 2. The Morgan fingerprint density at radius 1 is 0.952 bits per heavy atom. The number of Topliss-reactive ketones (excluding diaryl/α,β-unsaturated/α-hetero) is 2. The van der Waals surface area contributed by atoms with E-state index in [0.29, 0.717) is 24.5 Å². The molecule has 42 heavy (non-hydrogen) atoms. The molecule has 0 N–H and O–H groups in total. The molecule has 0 saturated heterocycles. The fraction of sp³-hybridized carbons (Fsp3) is 0.389. The van der Waals surface area contributed by atoms with Crippen LogP contribution in [-0.2, 0) is 4.79 Å². The van der Waals surface area contributed by atoms with Crippen LogP contribution in [0, 0.1) is 22.7 Å². The third-order valence-corrected chi connectivity index (χ3v) is 10.2. The van der Waals surface area contributed by atoms with E-state index in [1.54, 1.807) is 23.5 Å². The van der Waals surface area contributed by atoms with Gasteiger partial charge >= 0.3 is 0 Å². The number of hydrogen-bond acceptors (Lipinski definition) is 6. The van der Waals surface area contributed by atoms with Gasteiger partial charge in [0, 0.05) is 37.9 Å². The summed E-state index contributed by atoms with van der Waals surface area (Å²) in [4.78, 5) is 41.0. The van der Waals surface area contributed by atoms with E-state index in [-0.39, 0.29) is 29.3 Å². The lowest BCUT2D eigenvalue weighted by atomic mass is 9.83. The quantitative estimate of drug-likeness (QED) is 0.116. The zero-order valence-corrected chi connectivity index (χ0v) is 26.4. The van der Waals surface area contributed by atoms with Crippen molar-refractivity contribution in [2.45, 2.75) is 69.7 Å². The normalized spacial score (nSPS) is 21.3. The Bertz CT molecular complexity index is 1340. The second-order valence-corrected chi connectivity index (χ2v) is 13.4. The highest BCUT2D eigenvalue weighted by Gasteiger charge is 2.31. The van der Waals surface area contributed by atoms with E-state index >= 15 is 0 Å². The fourth-order valence-corrected chi connectivity index (χ4v) is 7.52. The molecule has 0 radical (unpaired) electrons. The first-order valence-corrected chi connectivity index (χ1v) is 16.9. The van der Waals surface area contributed by atoms with E-state index < -0.39 is 6.04 Å². The Balaban J connectivity index is 1.25. The molecule has 4 rings (SSSR count). The van der Waals surface area contributed by atoms with Gasteiger partial charge in [-0.05, 0) is 55.2 Å². The molecule has 2 aromatic carbocycles. The molecule has 0 spiro atoms. The molecule has 2 aromatic rings. The van der Waals surface area contributed by atoms with Gasteiger partial charge in [0.2, 0.25) is 0 Å². The van der Waals surface area contributed by atoms with Crippen LogP contribution >= 0.6 is 23.5 Å². The van der Waals surface area contributed by atoms with Gasteiger partial charge in [0.25, 0.3) is 0 Å². The van der Waals surface area contributed by atoms with Gasteiger partial charge in [0.1, 0.15) is 0 Å². The Morgan fingerprint density at radius 2 is 1.69 bits per heavy atom. The van der Waals surface area contributed by atoms with E-state index in [0.717, 1.165) is 26.7 Å². The van der Waals surface area contributed by atoms with E-state index in [1.807, 2.05) is 61.6 Å². The first-order valence-electron chi connectivity index (χ1n) is 15.1. The van der Waals surface area contributed by atoms with Gasteiger partial charge in [-0.1, -0.05) is 123 Å². The number of nitrogens with zero attached hydrogens (tertiary/aromatic N) is 1. The minimum Gasteiger partial charge on any atom is -0.296 e. The first kappa shape index (κ1) is 32.0. The minimum atomic E-state index is -0.839. The number of nitroso groups, excluding NO2 is 1. The molecule has 0 bridgehead atoms. The van der Waals surface area contributed by atoms with Crippen molar-refractivity contribution in [1.82, 2.24) is 0 Å². The molecular weight excluding hydrogens is 559 g/mol. The number of rotatable bonds is 15. The van der Waals surface area contributed by atoms with Crippen molar-refractivity contribution >= 4 is 35.1 Å². The lowest BCUT2D eigenvalue weighted by Crippen LogP contribution is -2.30. The second-order valence-electron chi connectivity index (χ2n) is 11.1. The molecule has 5 unspecified atom stereocenters. The van der Waals surface area contributed by atoms with Crippen LogP contribution in [0.4, 0.5) is 0 Å². The van der Waals surface area contributed by atoms with Gasteiger partial charge in [-0.2, -0.15) is 4.91 Å². The molecule has 5 atom stereocenters. The predicted octanol–water partition coefficient (Wildman–Crippen LogP) is 9.95. The maximum Gasteiger partial charge on any atom is 0.170 e. The standard InChI is InChI=1S/C36H41NO3S2/c1-4-9-26(5-2)27-12-16-30(17-13-27)41-23-22-34(37-40)36(39)33-21-20-32(24-25(33)3)42-31-18-14-29(15-19-31)35(38)28-10-7-6-8-11-28/h6-8,10-14,16-21,24-26,29,33-34H,4-5,9,15,22-23H2,1-3H3. The summed E-state index contributed by atoms with van der Waals surface area (Å²) < 4.78 is 0. The van der Waals surface area contributed by atoms with Crippen molar-refractivity contribution in [2.24, 2.45) is 22.9 Å². The number of hydrogen-bond donors (Lipinski definition) is 0. The predicted molar refractivity (Wildman–Crippen MR) is 178 cm³/mol. The molecule has 6 heteroatoms. The van der Waals surface area contributed by atoms with Crippen LogP contribution in [0.2, 0.25) is 0 Å². The van der Waals surface area contributed by atoms with Crippen LogP contribution in [0.1, 0.15) is 74.7 Å². The third kappa shape index (κ3) is 8.54. The summed E-state index contributed by atoms with van der Waals surface area (Å²) in [6.07, 6.45) is 16.8. The van der Waals surface area contributed by atoms with Crippen molar-refractivity contribution in [2.75, 3.05) is 5.75 Å². The summed E-state index contributed by atoms with van der Waals surface area (Å²) in [6, 6.07) is 17.3. The summed E-state index contributed by atoms with van der Waals surface area (Å²) >= 11 is 3.31. The van der Waals surface area contributed by atoms with Crippen LogP contribution in [0.3, 0.4) is 0 Å². The summed E-state index contributed by atoms with van der Waals surface area (Å²) in [7, 11) is 0. The van der Waals surface area contributed by atoms with Gasteiger partial charge in [0.15, 0.2) is 17.6 Å². The van der Waals surface area contributed by atoms with Crippen LogP contribution in [-0.4, -0.2) is 23.4 Å². The zero-order chi connectivity index (χ0) is 29.9. The molecule has 220 valence electrons. The Morgan fingerprint density at radius 3 is 2.31 bits per heavy atom. The van der Waals surface area contributed by atoms with Gasteiger partial charge in [-0.3, -0.25) is 9.59 Å². The largest absolute Gasteiger partial charge is 0.296 e. The van der Waals surface area contributed by atoms with Crippen molar-refractivity contribution in [3.8, 4) is 0 Å². The molecule has 2 aliphatic carbocycles. The Labute approximate surface area is 259 Å². The highest BCUT2D eigenvalue weighted by atomic mass is 32.2. The van der Waals surface area contributed by atoms with E-state index in [9.17, 15) is 14.5 Å². The average molecular weight is 600 g/mol. The molecule has 2 aliphatic rings. The molecule has 0 saturated carbocycles. The molecular formula is C36H41NO3S2. The highest BCUT2D eigenvalue weighted by molar-refractivity contribution is 8.07. The van der Waals surface area contributed by atoms with Crippen LogP contribution in [0.25, 0.3) is 0 Å². The lowest BCUT2D eigenvalue weighted by molar-refractivity contribution is -0.123. The maximum atomic E-state index is 13.3. The van der Waals surface area contributed by atoms with E-state index in [4.69, 9.17) is 0 Å². The fourth-order valence-electron chi connectivity index (χ4n) is 5.59. The SMILES string of the molecule is CCCC(CC)c1ccc(SCCC(N=O)C(=O)C2C=CC(SC3=CCC(C(=O)c4ccccc4)C=C3)=CC2C)cc1. The van der Waals surface area contributed by atoms with Crippen LogP contribution in [0.15, 0.2) is 111 Å². The average Bonchev–Trinajstić information content (AvgIpc) is 3.02. The maximum absolute atomic E-state index is 13.3. The molecule has 0 heterocycles. The number of carbonyl (C=O) groups excluding carboxylic acids is 2. The monoisotopic (exact) mass is 599 g/mol. The van der Waals surface area contributed by atoms with Gasteiger partial charge < -0.3 is 0 Å². The van der Waals surface area contributed by atoms with Crippen LogP contribution < -0.4 is 0 Å². The van der Waals surface area contributed by atoms with Crippen molar-refractivity contribution in [3.05, 3.63) is 117 Å². The lowest BCUT2D eigenvalue weighted by Gasteiger charge is -2.24. The number of allylic oxidation sites excluding steroid dienone is 6. The second kappa shape index (κ2) is 16.0. The third-order valence-electron chi connectivity index (χ3n) is 8.08. The summed E-state index contributed by atoms with van der Waals surface area (Å²) in [5, 5.41) is 3.23. The Hall–Kier alpha value is -2.96. The molecule has 0 aliphatic heterocycles. The molecule has 0 aromatic heterocycles. The Kier molecular flexibility index (Phi) is 12.2. The molecule has 0 amide bonds. The van der Waals surface area contributed by atoms with Gasteiger partial charge in [-0.15, -0.1) is 11.8 Å². The number of ketones is 2. The summed E-state index contributed by atoms with van der Waals surface area (Å²) in [5.74, 6) is 0.796. The first-order chi connectivity index (χ1) is 20.4. The topological polar surface area (TPSA) is 63.6 Å². The number of thioether (sulfide) groups is 2. The van der Waals surface area contributed by atoms with Crippen LogP contribution in [0.5, 0.6) is 0 Å². The molecule has 4 nitrogen and oxygen atoms in total. The van der Waals surface area contributed by atoms with Crippen molar-refractivity contribution < 1.29 is 9.59 Å². The van der Waals surface area contributed by atoms with E-state index in [2.05, 4.69) is 55.4 Å². The summed E-state index contributed by atoms with van der Waals surface area (Å²) in [6.45, 7) is 6.48. The summed E-state index contributed by atoms with van der Waals surface area (Å²) in [5.41, 5.74) is 2.12. The van der Waals surface area contributed by atoms with Crippen molar-refractivity contribution in [1.29, 1.82) is 0 Å². The zero-order valence-electron chi connectivity index (χ0n) is 24.8. The smallest absolute Gasteiger partial charge is 0.170 e. The minimum absolute atomic E-state index is 0.0235. The van der Waals surface area contributed by atoms with Crippen molar-refractivity contribution in [3.63, 3.8) is 0 Å². The number of benzene rings is 2. The van der Waals surface area contributed by atoms with Gasteiger partial charge in [0.05, 0.1) is 0 Å². The highest BCUT2D eigenvalue weighted by Crippen LogP contribution is 2.37. The van der Waals surface area contributed by atoms with Gasteiger partial charge in [-0.25, -0.2) is 0 Å². The molecule has 0 fully saturated rings. The van der Waals surface area contributed by atoms with E-state index in [1.165, 1.54) is 18.4 Å².